The van der Waals surface area contributed by atoms with E-state index >= 15 is 0 Å². The lowest BCUT2D eigenvalue weighted by Crippen LogP contribution is -2.03. The average Bonchev–Trinajstić information content (AvgIpc) is 2.42. The number of aryl methyl sites for hydroxylation is 4. The first-order valence-corrected chi connectivity index (χ1v) is 7.45. The van der Waals surface area contributed by atoms with Crippen LogP contribution in [0, 0.1) is 41.5 Å². The lowest BCUT2D eigenvalue weighted by Gasteiger charge is -2.20. The maximum Gasteiger partial charge on any atom is 0.150 e. The number of benzene rings is 2. The Morgan fingerprint density at radius 3 is 1.18 bits per heavy atom. The molecule has 0 aromatic heterocycles. The minimum absolute atomic E-state index is 0.743. The molecule has 114 valence electrons. The van der Waals surface area contributed by atoms with Gasteiger partial charge < -0.3 is 0 Å². The largest absolute Gasteiger partial charge is 0.298 e. The van der Waals surface area contributed by atoms with E-state index in [0.717, 1.165) is 68.2 Å². The van der Waals surface area contributed by atoms with Crippen LogP contribution < -0.4 is 0 Å². The van der Waals surface area contributed by atoms with Gasteiger partial charge in [-0.05, 0) is 86.1 Å². The first kappa shape index (κ1) is 16.2. The van der Waals surface area contributed by atoms with Gasteiger partial charge in [-0.3, -0.25) is 9.59 Å². The molecule has 0 radical (unpaired) electrons. The van der Waals surface area contributed by atoms with E-state index in [1.807, 2.05) is 39.8 Å². The summed E-state index contributed by atoms with van der Waals surface area (Å²) in [4.78, 5) is 22.9. The van der Waals surface area contributed by atoms with Crippen LogP contribution >= 0.6 is 0 Å². The van der Waals surface area contributed by atoms with Crippen molar-refractivity contribution >= 4 is 12.6 Å². The number of hydrogen-bond donors (Lipinski definition) is 0. The Bertz CT molecular complexity index is 716. The molecule has 22 heavy (non-hydrogen) atoms. The normalized spacial score (nSPS) is 10.6. The van der Waals surface area contributed by atoms with Crippen LogP contribution in [0.2, 0.25) is 0 Å². The lowest BCUT2D eigenvalue weighted by atomic mass is 9.83. The smallest absolute Gasteiger partial charge is 0.150 e. The van der Waals surface area contributed by atoms with Crippen molar-refractivity contribution in [1.82, 2.24) is 0 Å². The third-order valence-corrected chi connectivity index (χ3v) is 4.55. The van der Waals surface area contributed by atoms with Crippen molar-refractivity contribution in [3.05, 3.63) is 56.6 Å². The van der Waals surface area contributed by atoms with Gasteiger partial charge in [0.05, 0.1) is 0 Å². The SMILES string of the molecule is Cc1cc(C)c(-c2c(C)cc(C)c(C=O)c2C)c(C)c1C=O. The third kappa shape index (κ3) is 2.39. The van der Waals surface area contributed by atoms with Gasteiger partial charge in [0.25, 0.3) is 0 Å². The van der Waals surface area contributed by atoms with E-state index in [4.69, 9.17) is 0 Å². The number of carbonyl (C=O) groups excluding carboxylic acids is 2. The third-order valence-electron chi connectivity index (χ3n) is 4.55. The summed E-state index contributed by atoms with van der Waals surface area (Å²) in [5.41, 5.74) is 9.86. The predicted molar refractivity (Wildman–Crippen MR) is 91.1 cm³/mol. The molecule has 2 rings (SSSR count). The molecule has 0 aliphatic carbocycles. The summed E-state index contributed by atoms with van der Waals surface area (Å²) in [7, 11) is 0. The van der Waals surface area contributed by atoms with Gasteiger partial charge >= 0.3 is 0 Å². The number of aldehydes is 2. The van der Waals surface area contributed by atoms with E-state index in [0.29, 0.717) is 0 Å². The molecule has 0 unspecified atom stereocenters. The molecular weight excluding hydrogens is 272 g/mol. The molecule has 0 saturated heterocycles. The molecule has 2 aromatic rings. The zero-order valence-electron chi connectivity index (χ0n) is 14.1. The molecule has 0 atom stereocenters. The summed E-state index contributed by atoms with van der Waals surface area (Å²) in [5, 5.41) is 0. The van der Waals surface area contributed by atoms with E-state index in [9.17, 15) is 9.59 Å². The zero-order chi connectivity index (χ0) is 16.6. The van der Waals surface area contributed by atoms with Crippen molar-refractivity contribution in [3.8, 4) is 11.1 Å². The van der Waals surface area contributed by atoms with E-state index in [1.54, 1.807) is 0 Å². The highest BCUT2D eigenvalue weighted by Gasteiger charge is 2.18. The van der Waals surface area contributed by atoms with Crippen LogP contribution in [0.3, 0.4) is 0 Å². The number of rotatable bonds is 3. The van der Waals surface area contributed by atoms with Gasteiger partial charge in [0.15, 0.2) is 12.6 Å². The van der Waals surface area contributed by atoms with Crippen LogP contribution in [0.1, 0.15) is 54.1 Å². The maximum absolute atomic E-state index is 11.4. The summed E-state index contributed by atoms with van der Waals surface area (Å²) in [5.74, 6) is 0. The van der Waals surface area contributed by atoms with Gasteiger partial charge in [-0.1, -0.05) is 12.1 Å². The minimum Gasteiger partial charge on any atom is -0.298 e. The van der Waals surface area contributed by atoms with Gasteiger partial charge in [-0.25, -0.2) is 0 Å². The Kier molecular flexibility index (Phi) is 4.32. The van der Waals surface area contributed by atoms with E-state index in [-0.39, 0.29) is 0 Å². The number of carbonyl (C=O) groups is 2. The molecule has 2 nitrogen and oxygen atoms in total. The second kappa shape index (κ2) is 5.88. The maximum atomic E-state index is 11.4. The highest BCUT2D eigenvalue weighted by atomic mass is 16.1. The zero-order valence-corrected chi connectivity index (χ0v) is 14.1. The highest BCUT2D eigenvalue weighted by Crippen LogP contribution is 2.37. The van der Waals surface area contributed by atoms with Crippen LogP contribution in [0.4, 0.5) is 0 Å². The van der Waals surface area contributed by atoms with E-state index < -0.39 is 0 Å². The highest BCUT2D eigenvalue weighted by molar-refractivity contribution is 5.91. The summed E-state index contributed by atoms with van der Waals surface area (Å²) >= 11 is 0. The molecule has 2 aromatic carbocycles. The fourth-order valence-electron chi connectivity index (χ4n) is 3.53. The van der Waals surface area contributed by atoms with Crippen molar-refractivity contribution in [3.63, 3.8) is 0 Å². The van der Waals surface area contributed by atoms with Gasteiger partial charge in [0, 0.05) is 11.1 Å². The van der Waals surface area contributed by atoms with Gasteiger partial charge in [0.2, 0.25) is 0 Å². The second-order valence-corrected chi connectivity index (χ2v) is 6.08. The fourth-order valence-corrected chi connectivity index (χ4v) is 3.53. The molecule has 0 fully saturated rings. The Morgan fingerprint density at radius 1 is 0.591 bits per heavy atom. The molecule has 0 heterocycles. The molecular formula is C20H22O2. The Balaban J connectivity index is 2.95. The monoisotopic (exact) mass is 294 g/mol. The van der Waals surface area contributed by atoms with Gasteiger partial charge in [-0.2, -0.15) is 0 Å². The minimum atomic E-state index is 0.743. The summed E-state index contributed by atoms with van der Waals surface area (Å²) < 4.78 is 0. The quantitative estimate of drug-likeness (QED) is 0.760. The Labute approximate surface area is 132 Å². The van der Waals surface area contributed by atoms with Crippen molar-refractivity contribution < 1.29 is 9.59 Å². The van der Waals surface area contributed by atoms with Crippen LogP contribution in [-0.4, -0.2) is 12.6 Å². The lowest BCUT2D eigenvalue weighted by molar-refractivity contribution is 0.111. The van der Waals surface area contributed by atoms with E-state index in [1.165, 1.54) is 0 Å². The van der Waals surface area contributed by atoms with Crippen molar-refractivity contribution in [1.29, 1.82) is 0 Å². The first-order chi connectivity index (χ1) is 10.3. The molecule has 0 aliphatic heterocycles. The molecule has 0 bridgehead atoms. The van der Waals surface area contributed by atoms with Crippen LogP contribution in [0.25, 0.3) is 11.1 Å². The molecule has 0 N–H and O–H groups in total. The molecule has 2 heteroatoms. The fraction of sp³-hybridized carbons (Fsp3) is 0.300. The predicted octanol–water partition coefficient (Wildman–Crippen LogP) is 4.83. The molecule has 0 aliphatic rings. The van der Waals surface area contributed by atoms with Crippen molar-refractivity contribution in [2.24, 2.45) is 0 Å². The first-order valence-electron chi connectivity index (χ1n) is 7.45. The van der Waals surface area contributed by atoms with Gasteiger partial charge in [0.1, 0.15) is 0 Å². The topological polar surface area (TPSA) is 34.1 Å². The summed E-state index contributed by atoms with van der Waals surface area (Å²) in [6.07, 6.45) is 1.85. The molecule has 0 saturated carbocycles. The Morgan fingerprint density at radius 2 is 0.909 bits per heavy atom. The second-order valence-electron chi connectivity index (χ2n) is 6.08. The van der Waals surface area contributed by atoms with Crippen molar-refractivity contribution in [2.75, 3.05) is 0 Å². The summed E-state index contributed by atoms with van der Waals surface area (Å²) in [6.45, 7) is 12.0. The van der Waals surface area contributed by atoms with Crippen LogP contribution in [0.15, 0.2) is 12.1 Å². The van der Waals surface area contributed by atoms with Crippen LogP contribution in [-0.2, 0) is 0 Å². The van der Waals surface area contributed by atoms with Crippen LogP contribution in [0.5, 0.6) is 0 Å². The number of hydrogen-bond acceptors (Lipinski definition) is 2. The Hall–Kier alpha value is -2.22. The molecule has 0 spiro atoms. The summed E-state index contributed by atoms with van der Waals surface area (Å²) in [6, 6.07) is 4.09. The standard InChI is InChI=1S/C20H22O2/c1-11-7-13(3)19(15(5)17(11)9-21)20-14(4)8-12(2)18(10-22)16(20)6/h7-10H,1-6H3. The van der Waals surface area contributed by atoms with E-state index in [2.05, 4.69) is 13.8 Å². The molecule has 0 amide bonds. The van der Waals surface area contributed by atoms with Crippen molar-refractivity contribution in [2.45, 2.75) is 41.5 Å². The average molecular weight is 294 g/mol. The van der Waals surface area contributed by atoms with Gasteiger partial charge in [-0.15, -0.1) is 0 Å².